The van der Waals surface area contributed by atoms with Gasteiger partial charge in [-0.2, -0.15) is 9.97 Å². The molecule has 0 aliphatic carbocycles. The molecule has 0 unspecified atom stereocenters. The molecule has 4 heterocycles. The van der Waals surface area contributed by atoms with Gasteiger partial charge in [0, 0.05) is 27.6 Å². The zero-order valence-electron chi connectivity index (χ0n) is 20.0. The van der Waals surface area contributed by atoms with Crippen molar-refractivity contribution in [3.8, 4) is 17.3 Å². The lowest BCUT2D eigenvalue weighted by atomic mass is 9.95. The molecule has 6 rings (SSSR count). The van der Waals surface area contributed by atoms with Gasteiger partial charge in [0.2, 0.25) is 0 Å². The lowest BCUT2D eigenvalue weighted by Gasteiger charge is -2.31. The van der Waals surface area contributed by atoms with Gasteiger partial charge in [0.25, 0.3) is 0 Å². The summed E-state index contributed by atoms with van der Waals surface area (Å²) in [6.45, 7) is 6.85. The first-order valence-corrected chi connectivity index (χ1v) is 12.8. The van der Waals surface area contributed by atoms with Gasteiger partial charge in [0.05, 0.1) is 11.2 Å². The molecular weight excluding hydrogens is 463 g/mol. The third kappa shape index (κ3) is 3.74. The van der Waals surface area contributed by atoms with Crippen LogP contribution >= 0.6 is 11.6 Å². The summed E-state index contributed by atoms with van der Waals surface area (Å²) in [4.78, 5) is 16.3. The lowest BCUT2D eigenvalue weighted by molar-refractivity contribution is 0.107. The van der Waals surface area contributed by atoms with E-state index in [0.29, 0.717) is 22.6 Å². The molecule has 7 heteroatoms. The molecule has 0 bridgehead atoms. The molecule has 2 aromatic heterocycles. The number of hydrogen-bond acceptors (Lipinski definition) is 5. The fraction of sp³-hybridized carbons (Fsp3) is 0.393. The van der Waals surface area contributed by atoms with E-state index >= 15 is 4.39 Å². The fourth-order valence-electron chi connectivity index (χ4n) is 5.90. The Morgan fingerprint density at radius 2 is 1.83 bits per heavy atom. The third-order valence-corrected chi connectivity index (χ3v) is 7.95. The van der Waals surface area contributed by atoms with Crippen LogP contribution in [-0.2, 0) is 0 Å². The summed E-state index contributed by atoms with van der Waals surface area (Å²) in [6.07, 6.45) is 6.31. The predicted octanol–water partition coefficient (Wildman–Crippen LogP) is 6.77. The molecule has 2 aliphatic rings. The van der Waals surface area contributed by atoms with Gasteiger partial charge in [0.15, 0.2) is 5.82 Å². The molecule has 35 heavy (non-hydrogen) atoms. The third-order valence-electron chi connectivity index (χ3n) is 7.63. The Hall–Kier alpha value is -2.83. The maximum absolute atomic E-state index is 16.1. The van der Waals surface area contributed by atoms with E-state index in [1.54, 1.807) is 6.20 Å². The van der Waals surface area contributed by atoms with Crippen LogP contribution in [0.5, 0.6) is 6.01 Å². The minimum atomic E-state index is -0.481. The molecule has 0 spiro atoms. The highest BCUT2D eigenvalue weighted by atomic mass is 35.5. The monoisotopic (exact) mass is 490 g/mol. The van der Waals surface area contributed by atoms with Crippen LogP contribution in [0.3, 0.4) is 0 Å². The minimum Gasteiger partial charge on any atom is -0.461 e. The fourth-order valence-corrected chi connectivity index (χ4v) is 6.19. The summed E-state index contributed by atoms with van der Waals surface area (Å²) >= 11 is 6.52. The average Bonchev–Trinajstić information content (AvgIpc) is 3.43. The summed E-state index contributed by atoms with van der Waals surface area (Å²) in [5.74, 6) is -0.417. The van der Waals surface area contributed by atoms with Crippen molar-refractivity contribution >= 4 is 33.3 Å². The van der Waals surface area contributed by atoms with Gasteiger partial charge < -0.3 is 4.74 Å². The minimum absolute atomic E-state index is 0.0644. The van der Waals surface area contributed by atoms with E-state index in [9.17, 15) is 0 Å². The quantitative estimate of drug-likeness (QED) is 0.309. The summed E-state index contributed by atoms with van der Waals surface area (Å²) < 4.78 is 22.3. The van der Waals surface area contributed by atoms with E-state index in [0.717, 1.165) is 42.4 Å². The number of ether oxygens (including phenoxy) is 1. The van der Waals surface area contributed by atoms with E-state index in [1.165, 1.54) is 12.8 Å². The molecule has 2 saturated heterocycles. The first-order chi connectivity index (χ1) is 17.0. The first kappa shape index (κ1) is 22.6. The Kier molecular flexibility index (Phi) is 5.61. The number of hydrogen-bond donors (Lipinski definition) is 0. The van der Waals surface area contributed by atoms with Crippen LogP contribution in [0.4, 0.5) is 4.39 Å². The van der Waals surface area contributed by atoms with Gasteiger partial charge in [-0.3, -0.25) is 9.88 Å². The second-order valence-corrected chi connectivity index (χ2v) is 10.5. The van der Waals surface area contributed by atoms with Crippen LogP contribution < -0.4 is 4.74 Å². The smallest absolute Gasteiger partial charge is 0.317 e. The van der Waals surface area contributed by atoms with Crippen LogP contribution in [0, 0.1) is 5.82 Å². The van der Waals surface area contributed by atoms with Crippen molar-refractivity contribution in [2.75, 3.05) is 19.7 Å². The molecule has 5 nitrogen and oxygen atoms in total. The van der Waals surface area contributed by atoms with E-state index in [2.05, 4.69) is 14.9 Å². The molecule has 4 aromatic rings. The predicted molar refractivity (Wildman–Crippen MR) is 138 cm³/mol. The highest BCUT2D eigenvalue weighted by molar-refractivity contribution is 6.36. The second-order valence-electron chi connectivity index (χ2n) is 10.1. The van der Waals surface area contributed by atoms with Gasteiger partial charge in [-0.1, -0.05) is 55.8 Å². The van der Waals surface area contributed by atoms with Crippen LogP contribution in [0.25, 0.3) is 32.9 Å². The zero-order chi connectivity index (χ0) is 24.2. The van der Waals surface area contributed by atoms with Gasteiger partial charge in [-0.15, -0.1) is 0 Å². The molecular formula is C28H28ClFN4O. The normalized spacial score (nSPS) is 17.5. The van der Waals surface area contributed by atoms with Gasteiger partial charge in [0.1, 0.15) is 17.8 Å². The standard InChI is InChI=1S/C28H28ClFN4O/c1-17(2)24-20-15-31-25(19-9-3-7-18-8-4-10-21(29)22(18)19)23(30)26(20)33-27(32-24)35-16-28-11-5-13-34(28)14-6-12-28/h3-4,7-10,15,17H,5-6,11-14,16H2,1-2H3. The van der Waals surface area contributed by atoms with Gasteiger partial charge in [-0.25, -0.2) is 4.39 Å². The summed E-state index contributed by atoms with van der Waals surface area (Å²) in [7, 11) is 0. The number of pyridine rings is 1. The zero-order valence-corrected chi connectivity index (χ0v) is 20.8. The summed E-state index contributed by atoms with van der Waals surface area (Å²) in [5.41, 5.74) is 1.92. The number of aromatic nitrogens is 3. The molecule has 2 aliphatic heterocycles. The highest BCUT2D eigenvalue weighted by Gasteiger charge is 2.45. The van der Waals surface area contributed by atoms with Crippen LogP contribution in [-0.4, -0.2) is 45.1 Å². The molecule has 0 atom stereocenters. The number of halogens is 2. The van der Waals surface area contributed by atoms with Crippen molar-refractivity contribution in [3.05, 3.63) is 59.1 Å². The van der Waals surface area contributed by atoms with Crippen LogP contribution in [0.1, 0.15) is 51.1 Å². The van der Waals surface area contributed by atoms with Crippen molar-refractivity contribution in [2.45, 2.75) is 51.0 Å². The lowest BCUT2D eigenvalue weighted by Crippen LogP contribution is -2.43. The molecule has 0 amide bonds. The topological polar surface area (TPSA) is 51.1 Å². The number of rotatable bonds is 5. The molecule has 2 aromatic carbocycles. The van der Waals surface area contributed by atoms with Gasteiger partial charge in [-0.05, 0) is 56.1 Å². The van der Waals surface area contributed by atoms with Crippen molar-refractivity contribution < 1.29 is 9.13 Å². The molecule has 0 saturated carbocycles. The average molecular weight is 491 g/mol. The Labute approximate surface area is 209 Å². The van der Waals surface area contributed by atoms with Gasteiger partial charge >= 0.3 is 6.01 Å². The van der Waals surface area contributed by atoms with Crippen molar-refractivity contribution in [1.82, 2.24) is 19.9 Å². The Morgan fingerprint density at radius 1 is 1.09 bits per heavy atom. The van der Waals surface area contributed by atoms with E-state index in [4.69, 9.17) is 21.3 Å². The first-order valence-electron chi connectivity index (χ1n) is 12.4. The summed E-state index contributed by atoms with van der Waals surface area (Å²) in [5, 5.41) is 2.88. The van der Waals surface area contributed by atoms with E-state index in [1.807, 2.05) is 50.2 Å². The largest absolute Gasteiger partial charge is 0.461 e. The van der Waals surface area contributed by atoms with Crippen LogP contribution in [0.15, 0.2) is 42.6 Å². The molecule has 0 N–H and O–H groups in total. The summed E-state index contributed by atoms with van der Waals surface area (Å²) in [6, 6.07) is 11.6. The Balaban J connectivity index is 1.46. The maximum Gasteiger partial charge on any atom is 0.317 e. The molecule has 0 radical (unpaired) electrons. The highest BCUT2D eigenvalue weighted by Crippen LogP contribution is 2.40. The SMILES string of the molecule is CC(C)c1nc(OCC23CCCN2CCC3)nc2c(F)c(-c3cccc4cccc(Cl)c34)ncc12. The van der Waals surface area contributed by atoms with Crippen LogP contribution in [0.2, 0.25) is 5.02 Å². The maximum atomic E-state index is 16.1. The molecule has 2 fully saturated rings. The van der Waals surface area contributed by atoms with E-state index in [-0.39, 0.29) is 28.7 Å². The van der Waals surface area contributed by atoms with Crippen molar-refractivity contribution in [2.24, 2.45) is 0 Å². The Morgan fingerprint density at radius 3 is 2.57 bits per heavy atom. The van der Waals surface area contributed by atoms with E-state index < -0.39 is 5.82 Å². The number of benzene rings is 2. The molecule has 180 valence electrons. The van der Waals surface area contributed by atoms with Crippen molar-refractivity contribution in [1.29, 1.82) is 0 Å². The number of nitrogens with zero attached hydrogens (tertiary/aromatic N) is 4. The van der Waals surface area contributed by atoms with Crippen molar-refractivity contribution in [3.63, 3.8) is 0 Å². The number of fused-ring (bicyclic) bond motifs is 3. The second kappa shape index (κ2) is 8.68. The Bertz CT molecular complexity index is 1420.